The lowest BCUT2D eigenvalue weighted by molar-refractivity contribution is 0.114. The van der Waals surface area contributed by atoms with Gasteiger partial charge in [0.15, 0.2) is 5.65 Å². The molecule has 10 nitrogen and oxygen atoms in total. The molecule has 12 heteroatoms. The van der Waals surface area contributed by atoms with Gasteiger partial charge >= 0.3 is 11.8 Å². The van der Waals surface area contributed by atoms with Gasteiger partial charge in [-0.25, -0.2) is 33.5 Å². The van der Waals surface area contributed by atoms with Gasteiger partial charge in [-0.05, 0) is 44.9 Å². The Labute approximate surface area is 235 Å². The highest BCUT2D eigenvalue weighted by Crippen LogP contribution is 2.36. The van der Waals surface area contributed by atoms with Crippen molar-refractivity contribution >= 4 is 34.5 Å². The van der Waals surface area contributed by atoms with E-state index in [1.54, 1.807) is 38.1 Å². The average molecular weight is 566 g/mol. The normalized spacial score (nSPS) is 17.6. The number of aryl methyl sites for hydroxylation is 1. The van der Waals surface area contributed by atoms with Crippen LogP contribution < -0.4 is 10.6 Å². The summed E-state index contributed by atoms with van der Waals surface area (Å²) in [5.41, 5.74) is 1.61. The molecule has 1 saturated heterocycles. The molecule has 3 aromatic heterocycles. The van der Waals surface area contributed by atoms with Crippen LogP contribution in [-0.4, -0.2) is 65.8 Å². The SMILES string of the molecule is Cc1ncnc(C(C)C)c1-n1c(=O)nc(N2C[C@@H](C)N(C(=O)O)C[C@@H]2C)c2cc(Cl)c(-c3ccccc3F)nc21. The van der Waals surface area contributed by atoms with Gasteiger partial charge in [0.25, 0.3) is 0 Å². The number of hydrogen-bond acceptors (Lipinski definition) is 7. The number of fused-ring (bicyclic) bond motifs is 1. The van der Waals surface area contributed by atoms with Gasteiger partial charge in [0, 0.05) is 30.7 Å². The minimum Gasteiger partial charge on any atom is -0.465 e. The minimum absolute atomic E-state index is 0.0540. The molecule has 4 heterocycles. The number of hydrogen-bond donors (Lipinski definition) is 1. The van der Waals surface area contributed by atoms with E-state index in [1.807, 2.05) is 25.7 Å². The van der Waals surface area contributed by atoms with Crippen molar-refractivity contribution in [2.45, 2.75) is 52.6 Å². The highest BCUT2D eigenvalue weighted by Gasteiger charge is 2.34. The van der Waals surface area contributed by atoms with E-state index in [2.05, 4.69) is 15.0 Å². The summed E-state index contributed by atoms with van der Waals surface area (Å²) in [4.78, 5) is 47.0. The lowest BCUT2D eigenvalue weighted by Crippen LogP contribution is -2.58. The van der Waals surface area contributed by atoms with Gasteiger partial charge in [-0.3, -0.25) is 0 Å². The van der Waals surface area contributed by atoms with Crippen LogP contribution in [0.3, 0.4) is 0 Å². The third kappa shape index (κ3) is 4.64. The van der Waals surface area contributed by atoms with Crippen LogP contribution in [0.2, 0.25) is 5.02 Å². The predicted octanol–water partition coefficient (Wildman–Crippen LogP) is 5.04. The smallest absolute Gasteiger partial charge is 0.407 e. The fraction of sp³-hybridized carbons (Fsp3) is 0.357. The average Bonchev–Trinajstić information content (AvgIpc) is 2.90. The van der Waals surface area contributed by atoms with E-state index in [0.29, 0.717) is 34.8 Å². The van der Waals surface area contributed by atoms with Crippen LogP contribution in [0.25, 0.3) is 28.0 Å². The zero-order valence-electron chi connectivity index (χ0n) is 22.8. The second-order valence-corrected chi connectivity index (χ2v) is 10.8. The maximum Gasteiger partial charge on any atom is 0.407 e. The molecule has 208 valence electrons. The molecule has 1 fully saturated rings. The molecule has 0 bridgehead atoms. The number of rotatable bonds is 4. The van der Waals surface area contributed by atoms with Crippen LogP contribution in [0.5, 0.6) is 0 Å². The maximum atomic E-state index is 14.9. The van der Waals surface area contributed by atoms with Gasteiger partial charge in [0.1, 0.15) is 18.0 Å². The van der Waals surface area contributed by atoms with Crippen molar-refractivity contribution in [3.05, 3.63) is 69.4 Å². The summed E-state index contributed by atoms with van der Waals surface area (Å²) in [6.45, 7) is 9.89. The first-order valence-corrected chi connectivity index (χ1v) is 13.3. The molecule has 4 aromatic rings. The first kappa shape index (κ1) is 27.4. The lowest BCUT2D eigenvalue weighted by Gasteiger charge is -2.43. The predicted molar refractivity (Wildman–Crippen MR) is 151 cm³/mol. The molecular weight excluding hydrogens is 537 g/mol. The van der Waals surface area contributed by atoms with Gasteiger partial charge in [-0.2, -0.15) is 4.98 Å². The minimum atomic E-state index is -1.01. The second-order valence-electron chi connectivity index (χ2n) is 10.4. The molecule has 0 unspecified atom stereocenters. The molecule has 40 heavy (non-hydrogen) atoms. The van der Waals surface area contributed by atoms with Crippen molar-refractivity contribution in [2.75, 3.05) is 18.0 Å². The van der Waals surface area contributed by atoms with Gasteiger partial charge in [-0.15, -0.1) is 0 Å². The van der Waals surface area contributed by atoms with Crippen LogP contribution in [0, 0.1) is 12.7 Å². The molecule has 1 amide bonds. The van der Waals surface area contributed by atoms with Crippen molar-refractivity contribution in [1.82, 2.24) is 29.4 Å². The Balaban J connectivity index is 1.85. The van der Waals surface area contributed by atoms with Crippen molar-refractivity contribution in [2.24, 2.45) is 0 Å². The van der Waals surface area contributed by atoms with Crippen LogP contribution in [-0.2, 0) is 0 Å². The standard InChI is InChI=1S/C28H29ClFN7O3/c1-14(2)22-24(17(5)31-13-32-22)37-26-19(10-20(29)23(33-26)18-8-6-7-9-21(18)30)25(34-27(37)38)35-11-16(4)36(28(39)40)12-15(35)3/h6-10,13-16H,11-12H2,1-5H3,(H,39,40)/t15-,16+/m0/s1. The molecule has 2 atom stereocenters. The van der Waals surface area contributed by atoms with Crippen LogP contribution in [0.4, 0.5) is 15.0 Å². The summed E-state index contributed by atoms with van der Waals surface area (Å²) in [5, 5.41) is 10.3. The maximum absolute atomic E-state index is 14.9. The first-order chi connectivity index (χ1) is 19.0. The molecule has 5 rings (SSSR count). The van der Waals surface area contributed by atoms with Crippen LogP contribution in [0.1, 0.15) is 45.0 Å². The Kier molecular flexibility index (Phi) is 7.17. The first-order valence-electron chi connectivity index (χ1n) is 13.0. The third-order valence-corrected chi connectivity index (χ3v) is 7.53. The Hall–Kier alpha value is -4.12. The van der Waals surface area contributed by atoms with Crippen molar-refractivity contribution in [1.29, 1.82) is 0 Å². The topological polar surface area (TPSA) is 117 Å². The number of anilines is 1. The Bertz CT molecular complexity index is 1690. The zero-order chi connectivity index (χ0) is 28.9. The van der Waals surface area contributed by atoms with Gasteiger partial charge in [-0.1, -0.05) is 37.6 Å². The Morgan fingerprint density at radius 3 is 2.52 bits per heavy atom. The molecule has 0 spiro atoms. The zero-order valence-corrected chi connectivity index (χ0v) is 23.5. The molecule has 1 N–H and O–H groups in total. The van der Waals surface area contributed by atoms with Crippen molar-refractivity contribution in [3.63, 3.8) is 0 Å². The van der Waals surface area contributed by atoms with E-state index < -0.39 is 17.6 Å². The molecule has 0 aliphatic carbocycles. The molecule has 0 saturated carbocycles. The number of amides is 1. The Morgan fingerprint density at radius 1 is 1.12 bits per heavy atom. The van der Waals surface area contributed by atoms with E-state index in [-0.39, 0.29) is 46.5 Å². The number of aromatic nitrogens is 5. The van der Waals surface area contributed by atoms with E-state index >= 15 is 0 Å². The summed E-state index contributed by atoms with van der Waals surface area (Å²) in [6, 6.07) is 7.14. The van der Waals surface area contributed by atoms with Crippen molar-refractivity contribution < 1.29 is 14.3 Å². The lowest BCUT2D eigenvalue weighted by atomic mass is 10.1. The number of halogens is 2. The molecule has 0 radical (unpaired) electrons. The monoisotopic (exact) mass is 565 g/mol. The van der Waals surface area contributed by atoms with Gasteiger partial charge < -0.3 is 14.9 Å². The number of pyridine rings is 1. The summed E-state index contributed by atoms with van der Waals surface area (Å²) in [5.74, 6) is -0.230. The second kappa shape index (κ2) is 10.5. The largest absolute Gasteiger partial charge is 0.465 e. The highest BCUT2D eigenvalue weighted by molar-refractivity contribution is 6.33. The number of nitrogens with zero attached hydrogens (tertiary/aromatic N) is 7. The summed E-state index contributed by atoms with van der Waals surface area (Å²) >= 11 is 6.73. The molecule has 1 aliphatic rings. The van der Waals surface area contributed by atoms with Crippen LogP contribution >= 0.6 is 11.6 Å². The fourth-order valence-corrected chi connectivity index (χ4v) is 5.49. The van der Waals surface area contributed by atoms with Crippen LogP contribution in [0.15, 0.2) is 41.5 Å². The van der Waals surface area contributed by atoms with Gasteiger partial charge in [0.2, 0.25) is 0 Å². The number of benzene rings is 1. The summed E-state index contributed by atoms with van der Waals surface area (Å²) in [7, 11) is 0. The quantitative estimate of drug-likeness (QED) is 0.366. The highest BCUT2D eigenvalue weighted by atomic mass is 35.5. The summed E-state index contributed by atoms with van der Waals surface area (Å²) in [6.07, 6.45) is 0.441. The van der Waals surface area contributed by atoms with E-state index in [0.717, 1.165) is 0 Å². The number of piperazine rings is 1. The molecular formula is C28H29ClFN7O3. The summed E-state index contributed by atoms with van der Waals surface area (Å²) < 4.78 is 16.3. The third-order valence-electron chi connectivity index (χ3n) is 7.24. The molecule has 1 aliphatic heterocycles. The fourth-order valence-electron chi connectivity index (χ4n) is 5.24. The van der Waals surface area contributed by atoms with E-state index in [1.165, 1.54) is 21.9 Å². The Morgan fingerprint density at radius 2 is 1.85 bits per heavy atom. The van der Waals surface area contributed by atoms with E-state index in [9.17, 15) is 19.1 Å². The van der Waals surface area contributed by atoms with E-state index in [4.69, 9.17) is 16.6 Å². The molecule has 1 aromatic carbocycles. The number of carboxylic acid groups (broad SMARTS) is 1. The van der Waals surface area contributed by atoms with Gasteiger partial charge in [0.05, 0.1) is 33.2 Å². The van der Waals surface area contributed by atoms with Crippen molar-refractivity contribution in [3.8, 4) is 16.9 Å². The number of carbonyl (C=O) groups is 1.